The Kier molecular flexibility index (Phi) is 5.22. The maximum absolute atomic E-state index is 13.1. The summed E-state index contributed by atoms with van der Waals surface area (Å²) >= 11 is 0. The number of nitrogens with zero attached hydrogens (tertiary/aromatic N) is 7. The van der Waals surface area contributed by atoms with E-state index < -0.39 is 0 Å². The number of fused-ring (bicyclic) bond motifs is 1. The summed E-state index contributed by atoms with van der Waals surface area (Å²) in [6, 6.07) is 18.3. The van der Waals surface area contributed by atoms with Crippen LogP contribution < -0.4 is 4.90 Å². The van der Waals surface area contributed by atoms with Gasteiger partial charge in [0.2, 0.25) is 5.95 Å². The summed E-state index contributed by atoms with van der Waals surface area (Å²) in [5.74, 6) is 1.80. The topological polar surface area (TPSA) is 70.4 Å². The van der Waals surface area contributed by atoms with Gasteiger partial charge in [-0.3, -0.25) is 14.3 Å². The molecule has 0 saturated carbocycles. The molecule has 1 amide bonds. The number of piperazine rings is 1. The van der Waals surface area contributed by atoms with Crippen LogP contribution in [0.5, 0.6) is 0 Å². The molecule has 2 aromatic carbocycles. The van der Waals surface area contributed by atoms with Gasteiger partial charge in [0.05, 0.1) is 11.0 Å². The van der Waals surface area contributed by atoms with Gasteiger partial charge < -0.3 is 9.80 Å². The molecular formula is C26H27N7O. The summed E-state index contributed by atoms with van der Waals surface area (Å²) in [5.41, 5.74) is 3.64. The highest BCUT2D eigenvalue weighted by molar-refractivity contribution is 5.98. The Labute approximate surface area is 198 Å². The van der Waals surface area contributed by atoms with Crippen LogP contribution >= 0.6 is 0 Å². The smallest absolute Gasteiger partial charge is 0.254 e. The van der Waals surface area contributed by atoms with Crippen LogP contribution in [0, 0.1) is 6.92 Å². The highest BCUT2D eigenvalue weighted by Gasteiger charge is 2.36. The lowest BCUT2D eigenvalue weighted by molar-refractivity contribution is 0.0246. The second-order valence-electron chi connectivity index (χ2n) is 8.97. The van der Waals surface area contributed by atoms with Crippen molar-refractivity contribution >= 4 is 22.9 Å². The molecule has 4 aromatic rings. The first-order valence-corrected chi connectivity index (χ1v) is 11.8. The number of rotatable bonds is 4. The first kappa shape index (κ1) is 20.8. The van der Waals surface area contributed by atoms with Gasteiger partial charge in [-0.2, -0.15) is 0 Å². The Balaban J connectivity index is 1.10. The van der Waals surface area contributed by atoms with Crippen molar-refractivity contribution in [2.45, 2.75) is 13.0 Å². The summed E-state index contributed by atoms with van der Waals surface area (Å²) in [6.07, 6.45) is 3.57. The second-order valence-corrected chi connectivity index (χ2v) is 8.97. The number of carbonyl (C=O) groups excluding carboxylic acids is 1. The van der Waals surface area contributed by atoms with Crippen molar-refractivity contribution < 1.29 is 4.79 Å². The van der Waals surface area contributed by atoms with E-state index in [1.807, 2.05) is 54.3 Å². The van der Waals surface area contributed by atoms with Crippen LogP contribution in [0.2, 0.25) is 0 Å². The number of amides is 1. The number of aryl methyl sites for hydroxylation is 1. The van der Waals surface area contributed by atoms with E-state index >= 15 is 0 Å². The zero-order valence-corrected chi connectivity index (χ0v) is 19.2. The molecule has 172 valence electrons. The average Bonchev–Trinajstić information content (AvgIpc) is 3.19. The van der Waals surface area contributed by atoms with Crippen molar-refractivity contribution in [2.24, 2.45) is 0 Å². The van der Waals surface area contributed by atoms with E-state index in [9.17, 15) is 4.79 Å². The Morgan fingerprint density at radius 1 is 0.912 bits per heavy atom. The molecule has 34 heavy (non-hydrogen) atoms. The number of carbonyl (C=O) groups is 1. The van der Waals surface area contributed by atoms with Crippen LogP contribution in [0.4, 0.5) is 5.95 Å². The third kappa shape index (κ3) is 3.70. The van der Waals surface area contributed by atoms with Crippen LogP contribution in [-0.4, -0.2) is 80.5 Å². The van der Waals surface area contributed by atoms with Crippen molar-refractivity contribution in [1.29, 1.82) is 0 Å². The molecule has 8 nitrogen and oxygen atoms in total. The molecule has 0 atom stereocenters. The van der Waals surface area contributed by atoms with E-state index in [-0.39, 0.29) is 5.91 Å². The lowest BCUT2D eigenvalue weighted by Crippen LogP contribution is -2.64. The zero-order chi connectivity index (χ0) is 23.1. The minimum absolute atomic E-state index is 0.0846. The molecule has 0 aliphatic carbocycles. The molecule has 0 spiro atoms. The summed E-state index contributed by atoms with van der Waals surface area (Å²) in [7, 11) is 0. The predicted molar refractivity (Wildman–Crippen MR) is 131 cm³/mol. The minimum Gasteiger partial charge on any atom is -0.338 e. The average molecular weight is 454 g/mol. The first-order chi connectivity index (χ1) is 16.7. The van der Waals surface area contributed by atoms with Crippen LogP contribution in [-0.2, 0) is 0 Å². The Morgan fingerprint density at radius 3 is 2.38 bits per heavy atom. The van der Waals surface area contributed by atoms with Gasteiger partial charge in [0.25, 0.3) is 5.91 Å². The third-order valence-corrected chi connectivity index (χ3v) is 6.90. The largest absolute Gasteiger partial charge is 0.338 e. The molecule has 8 heteroatoms. The van der Waals surface area contributed by atoms with Crippen molar-refractivity contribution in [3.05, 3.63) is 78.4 Å². The van der Waals surface area contributed by atoms with Crippen molar-refractivity contribution in [2.75, 3.05) is 44.2 Å². The molecule has 4 heterocycles. The van der Waals surface area contributed by atoms with Crippen LogP contribution in [0.15, 0.2) is 67.0 Å². The number of para-hydroxylation sites is 1. The molecule has 2 saturated heterocycles. The zero-order valence-electron chi connectivity index (χ0n) is 19.2. The van der Waals surface area contributed by atoms with E-state index in [0.717, 1.165) is 67.8 Å². The van der Waals surface area contributed by atoms with E-state index in [2.05, 4.69) is 36.5 Å². The van der Waals surface area contributed by atoms with Crippen LogP contribution in [0.1, 0.15) is 16.2 Å². The number of benzene rings is 2. The Morgan fingerprint density at radius 2 is 1.65 bits per heavy atom. The maximum atomic E-state index is 13.1. The van der Waals surface area contributed by atoms with Gasteiger partial charge in [-0.25, -0.2) is 15.0 Å². The molecular weight excluding hydrogens is 426 g/mol. The number of anilines is 1. The normalized spacial score (nSPS) is 17.2. The fourth-order valence-corrected chi connectivity index (χ4v) is 5.01. The number of imidazole rings is 1. The first-order valence-electron chi connectivity index (χ1n) is 11.8. The Bertz CT molecular complexity index is 1310. The van der Waals surface area contributed by atoms with Gasteiger partial charge in [-0.05, 0) is 43.3 Å². The molecule has 2 aromatic heterocycles. The quantitative estimate of drug-likeness (QED) is 0.473. The molecule has 0 bridgehead atoms. The van der Waals surface area contributed by atoms with Gasteiger partial charge in [0.15, 0.2) is 0 Å². The van der Waals surface area contributed by atoms with Crippen molar-refractivity contribution in [1.82, 2.24) is 29.3 Å². The lowest BCUT2D eigenvalue weighted by Gasteiger charge is -2.48. The SMILES string of the molecule is Cc1nc2cc(C(=O)N3CC(N4CCN(c5ncccn5)CC4)C3)ccc2n1-c1ccccc1. The molecule has 0 radical (unpaired) electrons. The molecule has 2 aliphatic heterocycles. The summed E-state index contributed by atoms with van der Waals surface area (Å²) in [6.45, 7) is 7.30. The molecule has 2 fully saturated rings. The van der Waals surface area contributed by atoms with Crippen molar-refractivity contribution in [3.8, 4) is 5.69 Å². The highest BCUT2D eigenvalue weighted by atomic mass is 16.2. The van der Waals surface area contributed by atoms with E-state index in [1.54, 1.807) is 12.4 Å². The summed E-state index contributed by atoms with van der Waals surface area (Å²) < 4.78 is 2.13. The standard InChI is InChI=1S/C26H27N7O/c1-19-29-23-16-20(8-9-24(23)33(19)21-6-3-2-4-7-21)25(34)32-17-22(18-32)30-12-14-31(15-13-30)26-27-10-5-11-28-26/h2-11,16,22H,12-15,17-18H2,1H3. The fraction of sp³-hybridized carbons (Fsp3) is 0.308. The number of hydrogen-bond acceptors (Lipinski definition) is 6. The molecule has 0 unspecified atom stereocenters. The van der Waals surface area contributed by atoms with E-state index in [0.29, 0.717) is 11.6 Å². The molecule has 6 rings (SSSR count). The third-order valence-electron chi connectivity index (χ3n) is 6.90. The number of likely N-dealkylation sites (tertiary alicyclic amines) is 1. The highest BCUT2D eigenvalue weighted by Crippen LogP contribution is 2.25. The van der Waals surface area contributed by atoms with Crippen molar-refractivity contribution in [3.63, 3.8) is 0 Å². The summed E-state index contributed by atoms with van der Waals surface area (Å²) in [4.78, 5) is 33.2. The summed E-state index contributed by atoms with van der Waals surface area (Å²) in [5, 5.41) is 0. The lowest BCUT2D eigenvalue weighted by atomic mass is 10.0. The second kappa shape index (κ2) is 8.53. The molecule has 0 N–H and O–H groups in total. The van der Waals surface area contributed by atoms with E-state index in [4.69, 9.17) is 4.98 Å². The minimum atomic E-state index is 0.0846. The molecule has 2 aliphatic rings. The maximum Gasteiger partial charge on any atom is 0.254 e. The van der Waals surface area contributed by atoms with Gasteiger partial charge in [-0.1, -0.05) is 18.2 Å². The number of hydrogen-bond donors (Lipinski definition) is 0. The number of aromatic nitrogens is 4. The fourth-order valence-electron chi connectivity index (χ4n) is 5.01. The van der Waals surface area contributed by atoms with Gasteiger partial charge >= 0.3 is 0 Å². The van der Waals surface area contributed by atoms with Gasteiger partial charge in [0, 0.05) is 69.0 Å². The van der Waals surface area contributed by atoms with Gasteiger partial charge in [0.1, 0.15) is 5.82 Å². The van der Waals surface area contributed by atoms with E-state index in [1.165, 1.54) is 0 Å². The van der Waals surface area contributed by atoms with Crippen LogP contribution in [0.25, 0.3) is 16.7 Å². The van der Waals surface area contributed by atoms with Gasteiger partial charge in [-0.15, -0.1) is 0 Å². The van der Waals surface area contributed by atoms with Crippen LogP contribution in [0.3, 0.4) is 0 Å². The Hall–Kier alpha value is -3.78. The predicted octanol–water partition coefficient (Wildman–Crippen LogP) is 2.77. The monoisotopic (exact) mass is 453 g/mol.